The molecule has 2 unspecified atom stereocenters. The molecule has 8 heteroatoms. The van der Waals surface area contributed by atoms with Gasteiger partial charge in [0.15, 0.2) is 5.82 Å². The lowest BCUT2D eigenvalue weighted by molar-refractivity contribution is 0.143. The number of aromatic nitrogens is 3. The summed E-state index contributed by atoms with van der Waals surface area (Å²) in [6, 6.07) is 3.49. The van der Waals surface area contributed by atoms with E-state index in [1.807, 2.05) is 26.1 Å². The van der Waals surface area contributed by atoms with Crippen LogP contribution in [0.25, 0.3) is 0 Å². The van der Waals surface area contributed by atoms with Crippen LogP contribution in [0.2, 0.25) is 0 Å². The van der Waals surface area contributed by atoms with Crippen molar-refractivity contribution >= 4 is 6.03 Å². The Morgan fingerprint density at radius 1 is 1.36 bits per heavy atom. The molecule has 2 aromatic heterocycles. The zero-order chi connectivity index (χ0) is 17.6. The Kier molecular flexibility index (Phi) is 5.70. The van der Waals surface area contributed by atoms with Crippen LogP contribution in [0.5, 0.6) is 0 Å². The minimum Gasteiger partial charge on any atom is -0.468 e. The van der Waals surface area contributed by atoms with Crippen molar-refractivity contribution in [2.45, 2.75) is 38.3 Å². The molecule has 3 rings (SSSR count). The van der Waals surface area contributed by atoms with Crippen molar-refractivity contribution in [3.63, 3.8) is 0 Å². The number of likely N-dealkylation sites (tertiary alicyclic amines) is 1. The third kappa shape index (κ3) is 4.39. The van der Waals surface area contributed by atoms with Gasteiger partial charge in [0, 0.05) is 13.6 Å². The monoisotopic (exact) mass is 346 g/mol. The topological polar surface area (TPSA) is 88.2 Å². The Hall–Kier alpha value is -2.35. The normalized spacial score (nSPS) is 17.8. The van der Waals surface area contributed by atoms with Crippen LogP contribution in [-0.4, -0.2) is 45.3 Å². The van der Waals surface area contributed by atoms with Gasteiger partial charge in [-0.2, -0.15) is 0 Å². The molecule has 8 nitrogen and oxygen atoms in total. The minimum absolute atomic E-state index is 0.0613. The molecule has 2 N–H and O–H groups in total. The maximum Gasteiger partial charge on any atom is 0.315 e. The molecule has 1 fully saturated rings. The van der Waals surface area contributed by atoms with Crippen molar-refractivity contribution in [2.75, 3.05) is 19.6 Å². The number of carbonyl (C=O) groups excluding carboxylic acids is 1. The number of hydrogen-bond donors (Lipinski definition) is 2. The van der Waals surface area contributed by atoms with Crippen LogP contribution in [0.1, 0.15) is 49.9 Å². The van der Waals surface area contributed by atoms with E-state index in [-0.39, 0.29) is 18.1 Å². The Morgan fingerprint density at radius 2 is 2.16 bits per heavy atom. The number of furan rings is 1. The molecule has 136 valence electrons. The first-order valence-electron chi connectivity index (χ1n) is 8.81. The largest absolute Gasteiger partial charge is 0.468 e. The highest BCUT2D eigenvalue weighted by molar-refractivity contribution is 5.74. The lowest BCUT2D eigenvalue weighted by Gasteiger charge is -2.33. The van der Waals surface area contributed by atoms with Gasteiger partial charge in [-0.15, -0.1) is 10.2 Å². The van der Waals surface area contributed by atoms with Gasteiger partial charge in [-0.3, -0.25) is 4.90 Å². The fourth-order valence-electron chi connectivity index (χ4n) is 3.31. The lowest BCUT2D eigenvalue weighted by atomic mass is 10.1. The van der Waals surface area contributed by atoms with Crippen LogP contribution in [0.15, 0.2) is 29.1 Å². The summed E-state index contributed by atoms with van der Waals surface area (Å²) in [7, 11) is 1.86. The van der Waals surface area contributed by atoms with E-state index < -0.39 is 0 Å². The summed E-state index contributed by atoms with van der Waals surface area (Å²) in [5.74, 6) is 1.61. The second-order valence-corrected chi connectivity index (χ2v) is 6.50. The Balaban J connectivity index is 1.57. The van der Waals surface area contributed by atoms with Crippen LogP contribution in [0.3, 0.4) is 0 Å². The number of nitrogens with one attached hydrogen (secondary N) is 2. The van der Waals surface area contributed by atoms with Crippen molar-refractivity contribution < 1.29 is 9.21 Å². The van der Waals surface area contributed by atoms with Gasteiger partial charge in [0.05, 0.1) is 18.3 Å². The summed E-state index contributed by atoms with van der Waals surface area (Å²) < 4.78 is 7.40. The molecule has 2 aromatic rings. The number of piperidine rings is 1. The maximum absolute atomic E-state index is 12.3. The maximum atomic E-state index is 12.3. The Bertz CT molecular complexity index is 662. The summed E-state index contributed by atoms with van der Waals surface area (Å²) in [6.45, 7) is 4.46. The first-order chi connectivity index (χ1) is 12.1. The Morgan fingerprint density at radius 3 is 2.80 bits per heavy atom. The second kappa shape index (κ2) is 8.15. The molecule has 0 aromatic carbocycles. The van der Waals surface area contributed by atoms with Crippen LogP contribution < -0.4 is 10.6 Å². The predicted molar refractivity (Wildman–Crippen MR) is 92.8 cm³/mol. The molecule has 0 saturated carbocycles. The third-order valence-corrected chi connectivity index (χ3v) is 4.64. The fourth-order valence-corrected chi connectivity index (χ4v) is 3.31. The van der Waals surface area contributed by atoms with Crippen LogP contribution >= 0.6 is 0 Å². The molecule has 0 spiro atoms. The van der Waals surface area contributed by atoms with E-state index >= 15 is 0 Å². The van der Waals surface area contributed by atoms with E-state index in [4.69, 9.17) is 4.42 Å². The molecule has 25 heavy (non-hydrogen) atoms. The number of hydrogen-bond acceptors (Lipinski definition) is 5. The van der Waals surface area contributed by atoms with E-state index in [0.29, 0.717) is 12.4 Å². The molecule has 0 aliphatic carbocycles. The SMILES string of the molecule is CC(NC(=O)NCC(c1ccco1)N1CCCCC1)c1nncn1C. The molecule has 3 heterocycles. The summed E-state index contributed by atoms with van der Waals surface area (Å²) in [4.78, 5) is 14.7. The van der Waals surface area contributed by atoms with Crippen LogP contribution in [0, 0.1) is 0 Å². The predicted octanol–water partition coefficient (Wildman–Crippen LogP) is 2.00. The minimum atomic E-state index is -0.218. The molecule has 0 radical (unpaired) electrons. The number of amides is 2. The van der Waals surface area contributed by atoms with Gasteiger partial charge >= 0.3 is 6.03 Å². The van der Waals surface area contributed by atoms with E-state index in [2.05, 4.69) is 25.7 Å². The summed E-state index contributed by atoms with van der Waals surface area (Å²) >= 11 is 0. The van der Waals surface area contributed by atoms with Crippen molar-refractivity contribution in [3.8, 4) is 0 Å². The van der Waals surface area contributed by atoms with Crippen LogP contribution in [0.4, 0.5) is 4.79 Å². The van der Waals surface area contributed by atoms with E-state index in [1.165, 1.54) is 19.3 Å². The molecule has 1 saturated heterocycles. The van der Waals surface area contributed by atoms with E-state index in [9.17, 15) is 4.79 Å². The van der Waals surface area contributed by atoms with E-state index in [0.717, 1.165) is 18.8 Å². The molecule has 0 bridgehead atoms. The van der Waals surface area contributed by atoms with Gasteiger partial charge in [-0.05, 0) is 45.0 Å². The number of urea groups is 1. The number of rotatable bonds is 6. The van der Waals surface area contributed by atoms with Crippen molar-refractivity contribution in [1.29, 1.82) is 0 Å². The van der Waals surface area contributed by atoms with Gasteiger partial charge in [0.25, 0.3) is 0 Å². The van der Waals surface area contributed by atoms with Gasteiger partial charge < -0.3 is 19.6 Å². The fraction of sp³-hybridized carbons (Fsp3) is 0.588. The summed E-state index contributed by atoms with van der Waals surface area (Å²) in [5.41, 5.74) is 0. The van der Waals surface area contributed by atoms with Gasteiger partial charge in [-0.25, -0.2) is 4.79 Å². The average Bonchev–Trinajstić information content (AvgIpc) is 3.28. The quantitative estimate of drug-likeness (QED) is 0.835. The zero-order valence-corrected chi connectivity index (χ0v) is 14.8. The molecular weight excluding hydrogens is 320 g/mol. The van der Waals surface area contributed by atoms with Crippen molar-refractivity contribution in [2.24, 2.45) is 7.05 Å². The van der Waals surface area contributed by atoms with Crippen molar-refractivity contribution in [3.05, 3.63) is 36.3 Å². The summed E-state index contributed by atoms with van der Waals surface area (Å²) in [6.07, 6.45) is 6.95. The first kappa shape index (κ1) is 17.5. The molecule has 2 amide bonds. The van der Waals surface area contributed by atoms with Crippen molar-refractivity contribution in [1.82, 2.24) is 30.3 Å². The number of nitrogens with zero attached hydrogens (tertiary/aromatic N) is 4. The highest BCUT2D eigenvalue weighted by atomic mass is 16.3. The van der Waals surface area contributed by atoms with Crippen LogP contribution in [-0.2, 0) is 7.05 Å². The standard InChI is InChI=1S/C17H26N6O2/c1-13(16-21-19-12-22(16)2)20-17(24)18-11-14(15-7-6-10-25-15)23-8-4-3-5-9-23/h6-7,10,12-14H,3-5,8-9,11H2,1-2H3,(H2,18,20,24). The van der Waals surface area contributed by atoms with Gasteiger partial charge in [-0.1, -0.05) is 6.42 Å². The van der Waals surface area contributed by atoms with Gasteiger partial charge in [0.2, 0.25) is 0 Å². The van der Waals surface area contributed by atoms with Gasteiger partial charge in [0.1, 0.15) is 12.1 Å². The molecule has 2 atom stereocenters. The molecule has 1 aliphatic heterocycles. The second-order valence-electron chi connectivity index (χ2n) is 6.50. The third-order valence-electron chi connectivity index (χ3n) is 4.64. The Labute approximate surface area is 147 Å². The summed E-state index contributed by atoms with van der Waals surface area (Å²) in [5, 5.41) is 13.7. The first-order valence-corrected chi connectivity index (χ1v) is 8.81. The molecular formula is C17H26N6O2. The highest BCUT2D eigenvalue weighted by Crippen LogP contribution is 2.24. The smallest absolute Gasteiger partial charge is 0.315 e. The number of carbonyl (C=O) groups is 1. The average molecular weight is 346 g/mol. The zero-order valence-electron chi connectivity index (χ0n) is 14.8. The highest BCUT2D eigenvalue weighted by Gasteiger charge is 2.25. The lowest BCUT2D eigenvalue weighted by Crippen LogP contribution is -2.44. The molecule has 1 aliphatic rings. The van der Waals surface area contributed by atoms with E-state index in [1.54, 1.807) is 17.2 Å². The number of aryl methyl sites for hydroxylation is 1.